The van der Waals surface area contributed by atoms with Crippen molar-refractivity contribution in [1.29, 1.82) is 0 Å². The molecule has 0 saturated carbocycles. The van der Waals surface area contributed by atoms with Gasteiger partial charge in [0.15, 0.2) is 5.96 Å². The maximum Gasteiger partial charge on any atom is 0.191 e. The Hall–Kier alpha value is -0.980. The van der Waals surface area contributed by atoms with Gasteiger partial charge in [0, 0.05) is 19.6 Å². The van der Waals surface area contributed by atoms with Gasteiger partial charge in [0.25, 0.3) is 0 Å². The highest BCUT2D eigenvalue weighted by Gasteiger charge is 2.16. The summed E-state index contributed by atoms with van der Waals surface area (Å²) in [4.78, 5) is 6.67. The summed E-state index contributed by atoms with van der Waals surface area (Å²) < 4.78 is 0. The molecule has 1 aliphatic rings. The molecule has 2 rings (SSSR count). The molecule has 1 aliphatic heterocycles. The first-order valence-corrected chi connectivity index (χ1v) is 7.48. The largest absolute Gasteiger partial charge is 0.508 e. The quantitative estimate of drug-likeness (QED) is 0.352. The van der Waals surface area contributed by atoms with Gasteiger partial charge in [-0.15, -0.1) is 24.0 Å². The molecule has 0 amide bonds. The van der Waals surface area contributed by atoms with E-state index in [1.165, 1.54) is 18.4 Å². The van der Waals surface area contributed by atoms with Crippen LogP contribution in [0.2, 0.25) is 0 Å². The first-order chi connectivity index (χ1) is 9.65. The molecule has 118 valence electrons. The van der Waals surface area contributed by atoms with Crippen molar-refractivity contribution in [3.05, 3.63) is 29.8 Å². The molecule has 1 fully saturated rings. The van der Waals surface area contributed by atoms with Gasteiger partial charge in [-0.25, -0.2) is 0 Å². The summed E-state index contributed by atoms with van der Waals surface area (Å²) in [6.07, 6.45) is 4.37. The lowest BCUT2D eigenvalue weighted by Crippen LogP contribution is -2.42. The van der Waals surface area contributed by atoms with E-state index in [2.05, 4.69) is 16.8 Å². The van der Waals surface area contributed by atoms with Gasteiger partial charge >= 0.3 is 0 Å². The Labute approximate surface area is 144 Å². The van der Waals surface area contributed by atoms with Gasteiger partial charge in [-0.2, -0.15) is 0 Å². The molecule has 5 heteroatoms. The Balaban J connectivity index is 0.00000220. The predicted molar refractivity (Wildman–Crippen MR) is 98.3 cm³/mol. The summed E-state index contributed by atoms with van der Waals surface area (Å²) in [6, 6.07) is 7.35. The van der Waals surface area contributed by atoms with Crippen molar-refractivity contribution in [2.45, 2.75) is 32.6 Å². The van der Waals surface area contributed by atoms with E-state index >= 15 is 0 Å². The van der Waals surface area contributed by atoms with Gasteiger partial charge in [-0.3, -0.25) is 4.99 Å². The highest BCUT2D eigenvalue weighted by Crippen LogP contribution is 2.15. The molecule has 1 heterocycles. The van der Waals surface area contributed by atoms with Crippen molar-refractivity contribution in [2.75, 3.05) is 19.6 Å². The minimum atomic E-state index is 0. The normalized spacial score (nSPS) is 16.6. The van der Waals surface area contributed by atoms with Crippen molar-refractivity contribution in [1.82, 2.24) is 4.90 Å². The van der Waals surface area contributed by atoms with E-state index in [-0.39, 0.29) is 24.0 Å². The zero-order chi connectivity index (χ0) is 14.4. The number of benzene rings is 1. The van der Waals surface area contributed by atoms with Gasteiger partial charge in [0.1, 0.15) is 5.75 Å². The maximum absolute atomic E-state index is 9.22. The summed E-state index contributed by atoms with van der Waals surface area (Å²) in [5.74, 6) is 1.83. The zero-order valence-electron chi connectivity index (χ0n) is 12.7. The van der Waals surface area contributed by atoms with Gasteiger partial charge in [0.2, 0.25) is 0 Å². The average Bonchev–Trinajstić information content (AvgIpc) is 2.46. The molecule has 0 aliphatic carbocycles. The fourth-order valence-electron chi connectivity index (χ4n) is 2.48. The minimum Gasteiger partial charge on any atom is -0.508 e. The Kier molecular flexibility index (Phi) is 7.85. The van der Waals surface area contributed by atoms with Crippen molar-refractivity contribution in [2.24, 2.45) is 16.6 Å². The molecular formula is C16H26IN3O. The van der Waals surface area contributed by atoms with Crippen LogP contribution in [-0.4, -0.2) is 35.6 Å². The van der Waals surface area contributed by atoms with Crippen LogP contribution in [0.1, 0.15) is 31.7 Å². The van der Waals surface area contributed by atoms with Crippen LogP contribution < -0.4 is 5.73 Å². The third-order valence-electron chi connectivity index (χ3n) is 3.94. The minimum absolute atomic E-state index is 0. The number of rotatable bonds is 4. The SMILES string of the molecule is CC1CCN(C(N)=NCCCc2ccc(O)cc2)CC1.I. The third kappa shape index (κ3) is 6.11. The van der Waals surface area contributed by atoms with Crippen molar-refractivity contribution in [3.63, 3.8) is 0 Å². The first-order valence-electron chi connectivity index (χ1n) is 7.48. The lowest BCUT2D eigenvalue weighted by atomic mass is 10.00. The lowest BCUT2D eigenvalue weighted by molar-refractivity contribution is 0.277. The predicted octanol–water partition coefficient (Wildman–Crippen LogP) is 2.99. The smallest absolute Gasteiger partial charge is 0.191 e. The molecule has 0 spiro atoms. The van der Waals surface area contributed by atoms with E-state index in [1.807, 2.05) is 12.1 Å². The van der Waals surface area contributed by atoms with Gasteiger partial charge < -0.3 is 15.7 Å². The number of phenols is 1. The van der Waals surface area contributed by atoms with Crippen LogP contribution in [0.15, 0.2) is 29.3 Å². The summed E-state index contributed by atoms with van der Waals surface area (Å²) >= 11 is 0. The fourth-order valence-corrected chi connectivity index (χ4v) is 2.48. The summed E-state index contributed by atoms with van der Waals surface area (Å²) in [5.41, 5.74) is 7.26. The second-order valence-electron chi connectivity index (χ2n) is 5.68. The summed E-state index contributed by atoms with van der Waals surface area (Å²) in [6.45, 7) is 5.13. The Bertz CT molecular complexity index is 439. The average molecular weight is 403 g/mol. The summed E-state index contributed by atoms with van der Waals surface area (Å²) in [5, 5.41) is 9.22. The van der Waals surface area contributed by atoms with E-state index in [4.69, 9.17) is 5.73 Å². The second kappa shape index (κ2) is 9.12. The van der Waals surface area contributed by atoms with Crippen LogP contribution in [0.3, 0.4) is 0 Å². The molecule has 4 nitrogen and oxygen atoms in total. The van der Waals surface area contributed by atoms with E-state index in [0.717, 1.165) is 38.4 Å². The van der Waals surface area contributed by atoms with E-state index in [9.17, 15) is 5.11 Å². The van der Waals surface area contributed by atoms with Crippen LogP contribution in [0, 0.1) is 5.92 Å². The number of nitrogens with zero attached hydrogens (tertiary/aromatic N) is 2. The summed E-state index contributed by atoms with van der Waals surface area (Å²) in [7, 11) is 0. The number of halogens is 1. The molecule has 0 bridgehead atoms. The number of guanidine groups is 1. The molecule has 1 aromatic carbocycles. The van der Waals surface area contributed by atoms with E-state index in [1.54, 1.807) is 12.1 Å². The number of hydrogen-bond acceptors (Lipinski definition) is 2. The second-order valence-corrected chi connectivity index (χ2v) is 5.68. The van der Waals surface area contributed by atoms with Gasteiger partial charge in [0.05, 0.1) is 0 Å². The molecule has 21 heavy (non-hydrogen) atoms. The van der Waals surface area contributed by atoms with Crippen LogP contribution in [0.4, 0.5) is 0 Å². The molecule has 3 N–H and O–H groups in total. The Morgan fingerprint density at radius 2 is 1.90 bits per heavy atom. The van der Waals surface area contributed by atoms with Crippen molar-refractivity contribution in [3.8, 4) is 5.75 Å². The van der Waals surface area contributed by atoms with Crippen LogP contribution >= 0.6 is 24.0 Å². The Morgan fingerprint density at radius 1 is 1.29 bits per heavy atom. The Morgan fingerprint density at radius 3 is 2.52 bits per heavy atom. The number of likely N-dealkylation sites (tertiary alicyclic amines) is 1. The fraction of sp³-hybridized carbons (Fsp3) is 0.562. The van der Waals surface area contributed by atoms with E-state index in [0.29, 0.717) is 11.7 Å². The molecule has 0 radical (unpaired) electrons. The van der Waals surface area contributed by atoms with Crippen LogP contribution in [0.25, 0.3) is 0 Å². The number of nitrogens with two attached hydrogens (primary N) is 1. The molecule has 0 unspecified atom stereocenters. The number of aromatic hydroxyl groups is 1. The highest BCUT2D eigenvalue weighted by atomic mass is 127. The van der Waals surface area contributed by atoms with Crippen molar-refractivity contribution >= 4 is 29.9 Å². The molecular weight excluding hydrogens is 377 g/mol. The lowest BCUT2D eigenvalue weighted by Gasteiger charge is -2.31. The maximum atomic E-state index is 9.22. The highest BCUT2D eigenvalue weighted by molar-refractivity contribution is 14.0. The zero-order valence-corrected chi connectivity index (χ0v) is 15.0. The topological polar surface area (TPSA) is 61.8 Å². The molecule has 0 aromatic heterocycles. The molecule has 1 aromatic rings. The molecule has 1 saturated heterocycles. The van der Waals surface area contributed by atoms with E-state index < -0.39 is 0 Å². The standard InChI is InChI=1S/C16H25N3O.HI/c1-13-8-11-19(12-9-13)16(17)18-10-2-3-14-4-6-15(20)7-5-14;/h4-7,13,20H,2-3,8-12H2,1H3,(H2,17,18);1H. The van der Waals surface area contributed by atoms with Crippen LogP contribution in [0.5, 0.6) is 5.75 Å². The first kappa shape index (κ1) is 18.1. The monoisotopic (exact) mass is 403 g/mol. The number of piperidine rings is 1. The van der Waals surface area contributed by atoms with Gasteiger partial charge in [-0.1, -0.05) is 19.1 Å². The molecule has 0 atom stereocenters. The van der Waals surface area contributed by atoms with Gasteiger partial charge in [-0.05, 0) is 49.3 Å². The number of aryl methyl sites for hydroxylation is 1. The number of phenolic OH excluding ortho intramolecular Hbond substituents is 1. The third-order valence-corrected chi connectivity index (χ3v) is 3.94. The van der Waals surface area contributed by atoms with Crippen LogP contribution in [-0.2, 0) is 6.42 Å². The number of hydrogen-bond donors (Lipinski definition) is 2. The van der Waals surface area contributed by atoms with Crippen molar-refractivity contribution < 1.29 is 5.11 Å². The number of aliphatic imine (C=N–C) groups is 1.